The highest BCUT2D eigenvalue weighted by Gasteiger charge is 2.58. The number of hydrogen-bond donors (Lipinski definition) is 2. The van der Waals surface area contributed by atoms with E-state index in [9.17, 15) is 15.0 Å². The number of carbonyl (C=O) groups excluding carboxylic acids is 2. The Balaban J connectivity index is 1.20. The molecule has 0 heterocycles. The van der Waals surface area contributed by atoms with Crippen LogP contribution in [0.5, 0.6) is 5.75 Å². The molecule has 2 N–H and O–H groups in total. The van der Waals surface area contributed by atoms with Gasteiger partial charge in [0.25, 0.3) is 0 Å². The molecule has 3 aliphatic carbocycles. The summed E-state index contributed by atoms with van der Waals surface area (Å²) in [7, 11) is 0. The van der Waals surface area contributed by atoms with E-state index < -0.39 is 23.2 Å². The highest BCUT2D eigenvalue weighted by Crippen LogP contribution is 2.59. The fraction of sp³-hybridized carbons (Fsp3) is 0.283. The molecule has 1 amide bonds. The van der Waals surface area contributed by atoms with E-state index in [1.54, 1.807) is 4.90 Å². The normalized spacial score (nSPS) is 21.9. The fourth-order valence-corrected chi connectivity index (χ4v) is 9.59. The van der Waals surface area contributed by atoms with Crippen molar-refractivity contribution in [2.24, 2.45) is 5.41 Å². The Hall–Kier alpha value is -5.82. The average molecular weight is 784 g/mol. The summed E-state index contributed by atoms with van der Waals surface area (Å²) < 4.78 is 6.11. The molecule has 0 saturated heterocycles. The van der Waals surface area contributed by atoms with Gasteiger partial charge >= 0.3 is 6.09 Å². The van der Waals surface area contributed by atoms with Crippen LogP contribution in [0.4, 0.5) is 4.79 Å². The van der Waals surface area contributed by atoms with Crippen LogP contribution in [0.25, 0.3) is 21.9 Å². The van der Waals surface area contributed by atoms with Crippen LogP contribution >= 0.6 is 0 Å². The monoisotopic (exact) mass is 783 g/mol. The third-order valence-corrected chi connectivity index (χ3v) is 13.0. The van der Waals surface area contributed by atoms with Gasteiger partial charge in [0.05, 0.1) is 18.2 Å². The number of nitrogens with zero attached hydrogens (tertiary/aromatic N) is 1. The maximum atomic E-state index is 15.1. The van der Waals surface area contributed by atoms with Crippen molar-refractivity contribution in [3.8, 4) is 16.9 Å². The number of benzene rings is 6. The lowest BCUT2D eigenvalue weighted by atomic mass is 9.64. The topological polar surface area (TPSA) is 87.1 Å². The number of rotatable bonds is 8. The van der Waals surface area contributed by atoms with Crippen LogP contribution in [-0.2, 0) is 13.0 Å². The van der Waals surface area contributed by atoms with Crippen molar-refractivity contribution >= 4 is 22.6 Å². The molecule has 1 saturated carbocycles. The SMILES string of the molecule is CC1=CCC[C@@]2(C)[C@@H](CC[C@@]2(O)CN(Cc2ccccc2)C(=O)Oc2ccc3ccccc3c2)c2ccc(cc2C(=O)c2ccccc2-c2ccccc2)C[C@@H](O)CC1. The lowest BCUT2D eigenvalue weighted by Gasteiger charge is -2.46. The molecule has 0 radical (unpaired) electrons. The predicted octanol–water partition coefficient (Wildman–Crippen LogP) is 11.5. The van der Waals surface area contributed by atoms with Crippen molar-refractivity contribution in [2.75, 3.05) is 6.54 Å². The number of allylic oxidation sites excluding steroid dienone is 2. The van der Waals surface area contributed by atoms with Gasteiger partial charge in [-0.3, -0.25) is 4.79 Å². The molecule has 6 nitrogen and oxygen atoms in total. The summed E-state index contributed by atoms with van der Waals surface area (Å²) in [5, 5.41) is 26.4. The average Bonchev–Trinajstić information content (AvgIpc) is 3.51. The molecule has 59 heavy (non-hydrogen) atoms. The van der Waals surface area contributed by atoms with Gasteiger partial charge in [0.2, 0.25) is 0 Å². The number of amides is 1. The minimum atomic E-state index is -1.33. The smallest absolute Gasteiger partial charge is 0.410 e. The third-order valence-electron chi connectivity index (χ3n) is 13.0. The molecule has 0 aliphatic heterocycles. The highest BCUT2D eigenvalue weighted by atomic mass is 16.6. The van der Waals surface area contributed by atoms with Gasteiger partial charge in [-0.15, -0.1) is 0 Å². The second kappa shape index (κ2) is 17.2. The molecule has 3 aliphatic rings. The standard InChI is InChI=1S/C53H53NO5/c1-37-14-13-30-52(2)49(46-28-24-39(32-43(55)26-23-37)33-48(46)50(56)47-22-12-11-21-45(47)41-18-7-4-8-19-41)29-31-53(52,58)36-54(35-38-15-5-3-6-16-38)51(57)59-44-27-25-40-17-9-10-20-42(40)34-44/h3-12,14-22,24-25,27-28,33-34,43,49,55,58H,13,23,26,29-32,35-36H2,1-2H3/t43-,49-,52-,53+/m0/s1. The number of ketones is 1. The Bertz CT molecular complexity index is 2480. The predicted molar refractivity (Wildman–Crippen MR) is 236 cm³/mol. The summed E-state index contributed by atoms with van der Waals surface area (Å²) in [6, 6.07) is 47.2. The fourth-order valence-electron chi connectivity index (χ4n) is 9.59. The lowest BCUT2D eigenvalue weighted by Crippen LogP contribution is -2.54. The maximum Gasteiger partial charge on any atom is 0.415 e. The molecular weight excluding hydrogens is 731 g/mol. The van der Waals surface area contributed by atoms with Gasteiger partial charge in [-0.25, -0.2) is 4.79 Å². The first-order chi connectivity index (χ1) is 28.6. The number of hydrogen-bond acceptors (Lipinski definition) is 5. The maximum absolute atomic E-state index is 15.1. The van der Waals surface area contributed by atoms with Crippen LogP contribution in [0.15, 0.2) is 157 Å². The second-order valence-electron chi connectivity index (χ2n) is 16.9. The summed E-state index contributed by atoms with van der Waals surface area (Å²) in [5.41, 5.74) is 4.87. The Kier molecular flexibility index (Phi) is 11.6. The van der Waals surface area contributed by atoms with E-state index >= 15 is 4.79 Å². The van der Waals surface area contributed by atoms with E-state index in [1.807, 2.05) is 140 Å². The summed E-state index contributed by atoms with van der Waals surface area (Å²) in [6.45, 7) is 4.57. The summed E-state index contributed by atoms with van der Waals surface area (Å²) >= 11 is 0. The van der Waals surface area contributed by atoms with Gasteiger partial charge in [0, 0.05) is 23.1 Å². The Morgan fingerprint density at radius 1 is 0.763 bits per heavy atom. The second-order valence-corrected chi connectivity index (χ2v) is 16.9. The molecule has 2 bridgehead atoms. The van der Waals surface area contributed by atoms with Crippen molar-refractivity contribution in [3.05, 3.63) is 185 Å². The van der Waals surface area contributed by atoms with Gasteiger partial charge in [0.1, 0.15) is 5.75 Å². The first-order valence-electron chi connectivity index (χ1n) is 21.0. The molecule has 6 aromatic rings. The van der Waals surface area contributed by atoms with E-state index in [1.165, 1.54) is 5.57 Å². The van der Waals surface area contributed by atoms with Crippen LogP contribution in [0.3, 0.4) is 0 Å². The van der Waals surface area contributed by atoms with Crippen LogP contribution in [0, 0.1) is 5.41 Å². The number of ether oxygens (including phenoxy) is 1. The Morgan fingerprint density at radius 3 is 2.27 bits per heavy atom. The van der Waals surface area contributed by atoms with Crippen molar-refractivity contribution in [1.82, 2.24) is 4.90 Å². The quantitative estimate of drug-likeness (QED) is 0.119. The number of fused-ring (bicyclic) bond motifs is 9. The minimum Gasteiger partial charge on any atom is -0.410 e. The molecule has 0 aromatic heterocycles. The van der Waals surface area contributed by atoms with Crippen molar-refractivity contribution < 1.29 is 24.5 Å². The van der Waals surface area contributed by atoms with Crippen LogP contribution in [0.2, 0.25) is 0 Å². The number of carbonyl (C=O) groups is 2. The molecule has 6 heteroatoms. The van der Waals surface area contributed by atoms with E-state index in [0.29, 0.717) is 55.4 Å². The van der Waals surface area contributed by atoms with E-state index in [4.69, 9.17) is 4.74 Å². The molecular formula is C53H53NO5. The Morgan fingerprint density at radius 2 is 1.47 bits per heavy atom. The Labute approximate surface area is 347 Å². The summed E-state index contributed by atoms with van der Waals surface area (Å²) in [6.07, 6.45) is 5.35. The minimum absolute atomic E-state index is 0.0500. The molecule has 300 valence electrons. The molecule has 0 unspecified atom stereocenters. The molecule has 9 rings (SSSR count). The molecule has 4 atom stereocenters. The third kappa shape index (κ3) is 8.52. The van der Waals surface area contributed by atoms with Crippen molar-refractivity contribution in [1.29, 1.82) is 0 Å². The van der Waals surface area contributed by atoms with Crippen molar-refractivity contribution in [3.63, 3.8) is 0 Å². The van der Waals surface area contributed by atoms with E-state index in [2.05, 4.69) is 26.0 Å². The lowest BCUT2D eigenvalue weighted by molar-refractivity contribution is -0.0802. The number of aliphatic hydroxyl groups is 2. The van der Waals surface area contributed by atoms with Crippen LogP contribution < -0.4 is 4.74 Å². The van der Waals surface area contributed by atoms with Gasteiger partial charge in [-0.1, -0.05) is 146 Å². The molecule has 0 spiro atoms. The summed E-state index contributed by atoms with van der Waals surface area (Å²) in [5.74, 6) is 0.152. The largest absolute Gasteiger partial charge is 0.415 e. The highest BCUT2D eigenvalue weighted by molar-refractivity contribution is 6.14. The first kappa shape index (κ1) is 40.0. The van der Waals surface area contributed by atoms with Crippen LogP contribution in [0.1, 0.15) is 90.9 Å². The van der Waals surface area contributed by atoms with Crippen molar-refractivity contribution in [2.45, 2.75) is 83.0 Å². The first-order valence-corrected chi connectivity index (χ1v) is 21.0. The van der Waals surface area contributed by atoms with Gasteiger partial charge in [-0.05, 0) is 115 Å². The van der Waals surface area contributed by atoms with Gasteiger partial charge in [0.15, 0.2) is 5.78 Å². The molecule has 6 aromatic carbocycles. The zero-order chi connectivity index (χ0) is 41.0. The molecule has 1 fully saturated rings. The van der Waals surface area contributed by atoms with Crippen LogP contribution in [-0.4, -0.2) is 45.2 Å². The summed E-state index contributed by atoms with van der Waals surface area (Å²) in [4.78, 5) is 31.1. The van der Waals surface area contributed by atoms with E-state index in [-0.39, 0.29) is 24.8 Å². The zero-order valence-electron chi connectivity index (χ0n) is 34.0. The van der Waals surface area contributed by atoms with Gasteiger partial charge < -0.3 is 19.8 Å². The number of aliphatic hydroxyl groups excluding tert-OH is 1. The van der Waals surface area contributed by atoms with E-state index in [0.717, 1.165) is 45.0 Å². The van der Waals surface area contributed by atoms with Gasteiger partial charge in [-0.2, -0.15) is 0 Å². The zero-order valence-corrected chi connectivity index (χ0v) is 34.0.